The van der Waals surface area contributed by atoms with E-state index in [2.05, 4.69) is 6.92 Å². The molecule has 6 heteroatoms. The molecule has 0 N–H and O–H groups in total. The molecule has 1 unspecified atom stereocenters. The Hall–Kier alpha value is -1.11. The highest BCUT2D eigenvalue weighted by Crippen LogP contribution is 2.20. The van der Waals surface area contributed by atoms with Crippen LogP contribution in [0.3, 0.4) is 0 Å². The van der Waals surface area contributed by atoms with Crippen LogP contribution in [0.15, 0.2) is 12.1 Å². The molecule has 0 spiro atoms. The smallest absolute Gasteiger partial charge is 0.271 e. The van der Waals surface area contributed by atoms with Crippen molar-refractivity contribution in [2.45, 2.75) is 117 Å². The van der Waals surface area contributed by atoms with Crippen LogP contribution >= 0.6 is 0 Å². The van der Waals surface area contributed by atoms with E-state index < -0.39 is 23.9 Å². The van der Waals surface area contributed by atoms with Crippen LogP contribution < -0.4 is 0 Å². The van der Waals surface area contributed by atoms with Gasteiger partial charge in [0.15, 0.2) is 17.5 Å². The number of hydrogen-bond acceptors (Lipinski definition) is 3. The molecule has 0 saturated heterocycles. The van der Waals surface area contributed by atoms with Crippen molar-refractivity contribution >= 4 is 0 Å². The van der Waals surface area contributed by atoms with Gasteiger partial charge in [0.25, 0.3) is 6.48 Å². The molecule has 3 nitrogen and oxygen atoms in total. The molecule has 1 atom stereocenters. The van der Waals surface area contributed by atoms with Gasteiger partial charge in [-0.1, -0.05) is 64.7 Å². The Morgan fingerprint density at radius 2 is 1.19 bits per heavy atom. The summed E-state index contributed by atoms with van der Waals surface area (Å²) in [5, 5.41) is 0. The van der Waals surface area contributed by atoms with Crippen molar-refractivity contribution in [3.05, 3.63) is 35.1 Å². The first-order valence-electron chi connectivity index (χ1n) is 12.5. The highest BCUT2D eigenvalue weighted by atomic mass is 19.2. The van der Waals surface area contributed by atoms with Crippen molar-refractivity contribution in [3.8, 4) is 0 Å². The van der Waals surface area contributed by atoms with E-state index in [9.17, 15) is 13.2 Å². The van der Waals surface area contributed by atoms with Gasteiger partial charge >= 0.3 is 0 Å². The summed E-state index contributed by atoms with van der Waals surface area (Å²) in [7, 11) is 0. The number of hydrogen-bond donors (Lipinski definition) is 0. The molecule has 0 aliphatic rings. The maximum absolute atomic E-state index is 13.3. The molecule has 0 heterocycles. The van der Waals surface area contributed by atoms with E-state index >= 15 is 0 Å². The maximum Gasteiger partial charge on any atom is 0.271 e. The SMILES string of the molecule is CCCCCCCCCC(CCCCCc1cc(F)c(F)c(F)c1)OC(OCC)OCC. The molecule has 0 bridgehead atoms. The van der Waals surface area contributed by atoms with Crippen molar-refractivity contribution in [2.75, 3.05) is 13.2 Å². The van der Waals surface area contributed by atoms with E-state index in [0.29, 0.717) is 25.2 Å². The van der Waals surface area contributed by atoms with E-state index in [1.165, 1.54) is 38.5 Å². The molecule has 0 aromatic heterocycles. The van der Waals surface area contributed by atoms with Gasteiger partial charge in [-0.2, -0.15) is 0 Å². The summed E-state index contributed by atoms with van der Waals surface area (Å²) in [5.74, 6) is -3.65. The standard InChI is InChI=1S/C26H43F3O3/c1-4-7-8-9-10-11-14-17-22(32-26(30-5-2)31-6-3)18-15-12-13-16-21-19-23(27)25(29)24(28)20-21/h19-20,22,26H,4-18H2,1-3H3. The topological polar surface area (TPSA) is 27.7 Å². The first kappa shape index (κ1) is 28.9. The minimum Gasteiger partial charge on any atom is -0.330 e. The molecule has 0 fully saturated rings. The van der Waals surface area contributed by atoms with Gasteiger partial charge in [0.05, 0.1) is 6.10 Å². The zero-order valence-corrected chi connectivity index (χ0v) is 20.3. The van der Waals surface area contributed by atoms with Crippen LogP contribution in [0, 0.1) is 17.5 Å². The van der Waals surface area contributed by atoms with Crippen molar-refractivity contribution in [2.24, 2.45) is 0 Å². The van der Waals surface area contributed by atoms with Crippen LogP contribution in [0.5, 0.6) is 0 Å². The van der Waals surface area contributed by atoms with Gasteiger partial charge in [-0.3, -0.25) is 0 Å². The van der Waals surface area contributed by atoms with Gasteiger partial charge in [-0.15, -0.1) is 0 Å². The Morgan fingerprint density at radius 1 is 0.688 bits per heavy atom. The fourth-order valence-electron chi connectivity index (χ4n) is 3.80. The third kappa shape index (κ3) is 12.8. The van der Waals surface area contributed by atoms with Crippen molar-refractivity contribution in [3.63, 3.8) is 0 Å². The van der Waals surface area contributed by atoms with Crippen LogP contribution in [0.25, 0.3) is 0 Å². The van der Waals surface area contributed by atoms with Crippen LogP contribution in [0.4, 0.5) is 13.2 Å². The van der Waals surface area contributed by atoms with Crippen molar-refractivity contribution in [1.29, 1.82) is 0 Å². The molecule has 0 aliphatic heterocycles. The third-order valence-corrected chi connectivity index (χ3v) is 5.57. The molecule has 186 valence electrons. The molecule has 1 rings (SSSR count). The summed E-state index contributed by atoms with van der Waals surface area (Å²) in [6.45, 7) is 6.48. The minimum absolute atomic E-state index is 0.0643. The van der Waals surface area contributed by atoms with Gasteiger partial charge in [0, 0.05) is 13.2 Å². The molecular weight excluding hydrogens is 417 g/mol. The Bertz CT molecular complexity index is 569. The highest BCUT2D eigenvalue weighted by Gasteiger charge is 2.17. The summed E-state index contributed by atoms with van der Waals surface area (Å²) in [6.07, 6.45) is 13.9. The highest BCUT2D eigenvalue weighted by molar-refractivity contribution is 5.19. The average Bonchev–Trinajstić information content (AvgIpc) is 2.76. The Labute approximate surface area is 193 Å². The summed E-state index contributed by atoms with van der Waals surface area (Å²) in [4.78, 5) is 0. The fourth-order valence-corrected chi connectivity index (χ4v) is 3.80. The van der Waals surface area contributed by atoms with Crippen LogP contribution in [0.1, 0.15) is 103 Å². The van der Waals surface area contributed by atoms with Gasteiger partial charge in [0.2, 0.25) is 0 Å². The number of ether oxygens (including phenoxy) is 3. The number of rotatable bonds is 20. The second-order valence-corrected chi connectivity index (χ2v) is 8.34. The van der Waals surface area contributed by atoms with Gasteiger partial charge in [-0.05, 0) is 57.2 Å². The molecule has 32 heavy (non-hydrogen) atoms. The quantitative estimate of drug-likeness (QED) is 0.112. The summed E-state index contributed by atoms with van der Waals surface area (Å²) in [5.41, 5.74) is 0.491. The largest absolute Gasteiger partial charge is 0.330 e. The number of unbranched alkanes of at least 4 members (excludes halogenated alkanes) is 8. The maximum atomic E-state index is 13.3. The average molecular weight is 461 g/mol. The Balaban J connectivity index is 2.40. The molecule has 1 aromatic carbocycles. The van der Waals surface area contributed by atoms with E-state index in [-0.39, 0.29) is 6.10 Å². The minimum atomic E-state index is -1.41. The monoisotopic (exact) mass is 460 g/mol. The van der Waals surface area contributed by atoms with Gasteiger partial charge in [0.1, 0.15) is 0 Å². The third-order valence-electron chi connectivity index (χ3n) is 5.57. The second kappa shape index (κ2) is 18.3. The van der Waals surface area contributed by atoms with Crippen LogP contribution in [-0.4, -0.2) is 25.8 Å². The predicted molar refractivity (Wildman–Crippen MR) is 123 cm³/mol. The summed E-state index contributed by atoms with van der Waals surface area (Å²) in [6, 6.07) is 2.17. The zero-order chi connectivity index (χ0) is 23.6. The van der Waals surface area contributed by atoms with E-state index in [1.807, 2.05) is 13.8 Å². The summed E-state index contributed by atoms with van der Waals surface area (Å²) < 4.78 is 57.0. The first-order valence-corrected chi connectivity index (χ1v) is 12.5. The Kier molecular flexibility index (Phi) is 16.6. The normalized spacial score (nSPS) is 12.6. The van der Waals surface area contributed by atoms with Crippen molar-refractivity contribution < 1.29 is 27.4 Å². The van der Waals surface area contributed by atoms with Crippen molar-refractivity contribution in [1.82, 2.24) is 0 Å². The van der Waals surface area contributed by atoms with Gasteiger partial charge in [-0.25, -0.2) is 13.2 Å². The number of aryl methyl sites for hydroxylation is 1. The lowest BCUT2D eigenvalue weighted by Crippen LogP contribution is -2.27. The molecule has 0 aliphatic carbocycles. The Morgan fingerprint density at radius 3 is 1.72 bits per heavy atom. The lowest BCUT2D eigenvalue weighted by Gasteiger charge is -2.24. The van der Waals surface area contributed by atoms with E-state index in [4.69, 9.17) is 14.2 Å². The molecular formula is C26H43F3O3. The molecule has 1 aromatic rings. The number of halogens is 3. The van der Waals surface area contributed by atoms with Gasteiger partial charge < -0.3 is 14.2 Å². The number of benzene rings is 1. The van der Waals surface area contributed by atoms with E-state index in [1.54, 1.807) is 0 Å². The second-order valence-electron chi connectivity index (χ2n) is 8.34. The van der Waals surface area contributed by atoms with Crippen LogP contribution in [-0.2, 0) is 20.6 Å². The zero-order valence-electron chi connectivity index (χ0n) is 20.3. The molecule has 0 saturated carbocycles. The molecule has 0 radical (unpaired) electrons. The first-order chi connectivity index (χ1) is 15.5. The predicted octanol–water partition coefficient (Wildman–Crippen LogP) is 8.09. The lowest BCUT2D eigenvalue weighted by molar-refractivity contribution is -0.302. The molecule has 0 amide bonds. The lowest BCUT2D eigenvalue weighted by atomic mass is 10.0. The van der Waals surface area contributed by atoms with Crippen LogP contribution in [0.2, 0.25) is 0 Å². The fraction of sp³-hybridized carbons (Fsp3) is 0.769. The summed E-state index contributed by atoms with van der Waals surface area (Å²) >= 11 is 0. The van der Waals surface area contributed by atoms with E-state index in [0.717, 1.165) is 50.7 Å².